The minimum absolute atomic E-state index is 0.0856. The van der Waals surface area contributed by atoms with Crippen molar-refractivity contribution in [3.8, 4) is 0 Å². The van der Waals surface area contributed by atoms with Crippen LogP contribution >= 0.6 is 0 Å². The second-order valence-corrected chi connectivity index (χ2v) is 7.77. The van der Waals surface area contributed by atoms with Crippen LogP contribution in [0.1, 0.15) is 44.9 Å². The van der Waals surface area contributed by atoms with Crippen LogP contribution in [0.5, 0.6) is 0 Å². The average Bonchev–Trinajstić information content (AvgIpc) is 3.23. The lowest BCUT2D eigenvalue weighted by Gasteiger charge is -2.37. The van der Waals surface area contributed by atoms with Gasteiger partial charge < -0.3 is 9.80 Å². The van der Waals surface area contributed by atoms with E-state index in [0.29, 0.717) is 11.8 Å². The molecule has 4 heteroatoms. The molecular weight excluding hydrogens is 288 g/mol. The number of hydrogen-bond donors (Lipinski definition) is 0. The molecule has 4 aliphatic rings. The molecule has 4 rings (SSSR count). The third-order valence-electron chi connectivity index (χ3n) is 6.37. The molecule has 2 amide bonds. The summed E-state index contributed by atoms with van der Waals surface area (Å²) in [6, 6.07) is 0. The first-order chi connectivity index (χ1) is 11.3. The number of likely N-dealkylation sites (tertiary alicyclic amines) is 2. The van der Waals surface area contributed by atoms with Gasteiger partial charge in [-0.3, -0.25) is 9.59 Å². The summed E-state index contributed by atoms with van der Waals surface area (Å²) in [6.45, 7) is 3.56. The SMILES string of the molecule is O=C([C@@H]1[C@@H](C(=O)N2CCCCC2)[C@H]2C=C[C@@H]1C2)N1CCCCC1. The minimum atomic E-state index is -0.0856. The molecule has 0 spiro atoms. The molecule has 0 unspecified atom stereocenters. The summed E-state index contributed by atoms with van der Waals surface area (Å²) < 4.78 is 0. The summed E-state index contributed by atoms with van der Waals surface area (Å²) in [5.74, 6) is 0.949. The van der Waals surface area contributed by atoms with Gasteiger partial charge >= 0.3 is 0 Å². The zero-order chi connectivity index (χ0) is 15.8. The normalized spacial score (nSPS) is 36.5. The Bertz CT molecular complexity index is 459. The van der Waals surface area contributed by atoms with Crippen molar-refractivity contribution in [1.82, 2.24) is 9.80 Å². The van der Waals surface area contributed by atoms with Crippen molar-refractivity contribution in [2.24, 2.45) is 23.7 Å². The van der Waals surface area contributed by atoms with Gasteiger partial charge in [-0.15, -0.1) is 0 Å². The van der Waals surface area contributed by atoms with E-state index in [-0.39, 0.29) is 23.7 Å². The number of allylic oxidation sites excluding steroid dienone is 2. The lowest BCUT2D eigenvalue weighted by molar-refractivity contribution is -0.148. The molecular formula is C19H28N2O2. The summed E-state index contributed by atoms with van der Waals surface area (Å²) in [6.07, 6.45) is 12.4. The quantitative estimate of drug-likeness (QED) is 0.734. The predicted octanol–water partition coefficient (Wildman–Crippen LogP) is 2.45. The summed E-state index contributed by atoms with van der Waals surface area (Å²) >= 11 is 0. The smallest absolute Gasteiger partial charge is 0.227 e. The van der Waals surface area contributed by atoms with Crippen LogP contribution in [0.2, 0.25) is 0 Å². The van der Waals surface area contributed by atoms with Gasteiger partial charge in [0, 0.05) is 26.2 Å². The van der Waals surface area contributed by atoms with Crippen LogP contribution in [0, 0.1) is 23.7 Å². The molecule has 0 aromatic heterocycles. The number of rotatable bonds is 2. The molecule has 2 saturated heterocycles. The van der Waals surface area contributed by atoms with Crippen LogP contribution in [0.4, 0.5) is 0 Å². The Balaban J connectivity index is 1.53. The monoisotopic (exact) mass is 316 g/mol. The Kier molecular flexibility index (Phi) is 4.16. The van der Waals surface area contributed by atoms with E-state index >= 15 is 0 Å². The molecule has 23 heavy (non-hydrogen) atoms. The van der Waals surface area contributed by atoms with Crippen LogP contribution in [0.15, 0.2) is 12.2 Å². The lowest BCUT2D eigenvalue weighted by Crippen LogP contribution is -2.49. The molecule has 0 radical (unpaired) electrons. The van der Waals surface area contributed by atoms with Crippen LogP contribution in [-0.4, -0.2) is 47.8 Å². The highest BCUT2D eigenvalue weighted by molar-refractivity contribution is 5.90. The summed E-state index contributed by atoms with van der Waals surface area (Å²) in [5.41, 5.74) is 0. The molecule has 0 N–H and O–H groups in total. The number of hydrogen-bond acceptors (Lipinski definition) is 2. The molecule has 2 bridgehead atoms. The van der Waals surface area contributed by atoms with Gasteiger partial charge in [-0.1, -0.05) is 12.2 Å². The van der Waals surface area contributed by atoms with Crippen molar-refractivity contribution in [2.45, 2.75) is 44.9 Å². The molecule has 4 atom stereocenters. The first-order valence-electron chi connectivity index (χ1n) is 9.51. The first kappa shape index (κ1) is 15.2. The Morgan fingerprint density at radius 3 is 1.43 bits per heavy atom. The number of carbonyl (C=O) groups is 2. The molecule has 3 fully saturated rings. The van der Waals surface area contributed by atoms with E-state index < -0.39 is 0 Å². The van der Waals surface area contributed by atoms with Gasteiger partial charge in [0.1, 0.15) is 0 Å². The highest BCUT2D eigenvalue weighted by Gasteiger charge is 2.53. The number of nitrogens with zero attached hydrogens (tertiary/aromatic N) is 2. The lowest BCUT2D eigenvalue weighted by atomic mass is 9.80. The molecule has 2 heterocycles. The van der Waals surface area contributed by atoms with E-state index in [1.165, 1.54) is 12.8 Å². The number of fused-ring (bicyclic) bond motifs is 2. The Labute approximate surface area is 138 Å². The predicted molar refractivity (Wildman–Crippen MR) is 88.6 cm³/mol. The van der Waals surface area contributed by atoms with Crippen molar-refractivity contribution in [3.05, 3.63) is 12.2 Å². The van der Waals surface area contributed by atoms with Gasteiger partial charge in [0.15, 0.2) is 0 Å². The third-order valence-corrected chi connectivity index (χ3v) is 6.37. The fourth-order valence-corrected chi connectivity index (χ4v) is 5.15. The van der Waals surface area contributed by atoms with Gasteiger partial charge in [-0.05, 0) is 56.8 Å². The minimum Gasteiger partial charge on any atom is -0.342 e. The van der Waals surface area contributed by atoms with Crippen molar-refractivity contribution >= 4 is 11.8 Å². The standard InChI is InChI=1S/C19H28N2O2/c22-18(20-9-3-1-4-10-20)16-14-7-8-15(13-14)17(16)19(23)21-11-5-2-6-12-21/h7-8,14-17H,1-6,9-13H2/t14-,15+,16-,17-/m0/s1. The van der Waals surface area contributed by atoms with Gasteiger partial charge in [0.2, 0.25) is 11.8 Å². The van der Waals surface area contributed by atoms with E-state index in [1.807, 2.05) is 9.80 Å². The van der Waals surface area contributed by atoms with E-state index in [4.69, 9.17) is 0 Å². The van der Waals surface area contributed by atoms with E-state index in [2.05, 4.69) is 12.2 Å². The van der Waals surface area contributed by atoms with E-state index in [0.717, 1.165) is 58.3 Å². The Morgan fingerprint density at radius 2 is 1.04 bits per heavy atom. The maximum absolute atomic E-state index is 13.1. The average molecular weight is 316 g/mol. The summed E-state index contributed by atoms with van der Waals surface area (Å²) in [5, 5.41) is 0. The van der Waals surface area contributed by atoms with E-state index in [1.54, 1.807) is 0 Å². The number of amides is 2. The van der Waals surface area contributed by atoms with Crippen molar-refractivity contribution in [1.29, 1.82) is 0 Å². The highest BCUT2D eigenvalue weighted by Crippen LogP contribution is 2.49. The van der Waals surface area contributed by atoms with Gasteiger partial charge in [0.05, 0.1) is 11.8 Å². The second kappa shape index (κ2) is 6.29. The Morgan fingerprint density at radius 1 is 0.652 bits per heavy atom. The zero-order valence-corrected chi connectivity index (χ0v) is 14.0. The number of carbonyl (C=O) groups excluding carboxylic acids is 2. The third kappa shape index (κ3) is 2.70. The molecule has 4 nitrogen and oxygen atoms in total. The first-order valence-corrected chi connectivity index (χ1v) is 9.51. The van der Waals surface area contributed by atoms with Crippen molar-refractivity contribution in [2.75, 3.05) is 26.2 Å². The van der Waals surface area contributed by atoms with Crippen LogP contribution in [-0.2, 0) is 9.59 Å². The second-order valence-electron chi connectivity index (χ2n) is 7.77. The summed E-state index contributed by atoms with van der Waals surface area (Å²) in [7, 11) is 0. The van der Waals surface area contributed by atoms with E-state index in [9.17, 15) is 9.59 Å². The molecule has 1 saturated carbocycles. The van der Waals surface area contributed by atoms with Gasteiger partial charge in [0.25, 0.3) is 0 Å². The number of piperidine rings is 2. The molecule has 0 aromatic carbocycles. The highest BCUT2D eigenvalue weighted by atomic mass is 16.2. The molecule has 2 aliphatic carbocycles. The van der Waals surface area contributed by atoms with Crippen LogP contribution < -0.4 is 0 Å². The summed E-state index contributed by atoms with van der Waals surface area (Å²) in [4.78, 5) is 30.3. The molecule has 0 aromatic rings. The maximum atomic E-state index is 13.1. The fraction of sp³-hybridized carbons (Fsp3) is 0.789. The maximum Gasteiger partial charge on any atom is 0.227 e. The topological polar surface area (TPSA) is 40.6 Å². The molecule has 2 aliphatic heterocycles. The van der Waals surface area contributed by atoms with Crippen molar-refractivity contribution in [3.63, 3.8) is 0 Å². The van der Waals surface area contributed by atoms with Crippen LogP contribution in [0.25, 0.3) is 0 Å². The van der Waals surface area contributed by atoms with Crippen molar-refractivity contribution < 1.29 is 9.59 Å². The van der Waals surface area contributed by atoms with Gasteiger partial charge in [-0.2, -0.15) is 0 Å². The van der Waals surface area contributed by atoms with Crippen LogP contribution in [0.3, 0.4) is 0 Å². The Hall–Kier alpha value is -1.32. The van der Waals surface area contributed by atoms with Gasteiger partial charge in [-0.25, -0.2) is 0 Å². The largest absolute Gasteiger partial charge is 0.342 e. The fourth-order valence-electron chi connectivity index (χ4n) is 5.15. The molecule has 126 valence electrons. The zero-order valence-electron chi connectivity index (χ0n) is 14.0.